The number of hydrogen-bond acceptors (Lipinski definition) is 4. The van der Waals surface area contributed by atoms with Crippen molar-refractivity contribution in [3.05, 3.63) is 18.2 Å². The molecule has 1 rings (SSSR count). The third kappa shape index (κ3) is 6.16. The summed E-state index contributed by atoms with van der Waals surface area (Å²) in [6.45, 7) is 4.25. The first-order valence-electron chi connectivity index (χ1n) is 6.92. The maximum absolute atomic E-state index is 11.8. The van der Waals surface area contributed by atoms with Crippen LogP contribution in [0.3, 0.4) is 0 Å². The summed E-state index contributed by atoms with van der Waals surface area (Å²) in [5.41, 5.74) is 6.76. The Hall–Kier alpha value is -2.24. The number of nitrogens with two attached hydrogens (primary N) is 1. The quantitative estimate of drug-likeness (QED) is 0.668. The van der Waals surface area contributed by atoms with Gasteiger partial charge >= 0.3 is 0 Å². The van der Waals surface area contributed by atoms with E-state index in [-0.39, 0.29) is 18.2 Å². The van der Waals surface area contributed by atoms with Gasteiger partial charge in [0.25, 0.3) is 0 Å². The van der Waals surface area contributed by atoms with Crippen LogP contribution in [0.4, 0.5) is 11.4 Å². The van der Waals surface area contributed by atoms with Gasteiger partial charge in [0.05, 0.1) is 18.5 Å². The summed E-state index contributed by atoms with van der Waals surface area (Å²) < 4.78 is 5.08. The van der Waals surface area contributed by atoms with Crippen LogP contribution in [0.1, 0.15) is 26.7 Å². The molecule has 2 amide bonds. The Labute approximate surface area is 125 Å². The smallest absolute Gasteiger partial charge is 0.226 e. The first-order chi connectivity index (χ1) is 9.92. The normalized spacial score (nSPS) is 10.3. The fourth-order valence-electron chi connectivity index (χ4n) is 1.74. The largest absolute Gasteiger partial charge is 0.497 e. The Morgan fingerprint density at radius 1 is 1.29 bits per heavy atom. The Morgan fingerprint density at radius 3 is 2.62 bits per heavy atom. The Morgan fingerprint density at radius 2 is 2.00 bits per heavy atom. The standard InChI is InChI=1S/C15H23N3O3/c1-10(2)8-15(20)17-7-6-14(19)18-13-9-11(21-3)4-5-12(13)16/h4-5,9-10H,6-8,16H2,1-3H3,(H,17,20)(H,18,19). The van der Waals surface area contributed by atoms with Crippen molar-refractivity contribution in [2.45, 2.75) is 26.7 Å². The molecule has 1 aromatic carbocycles. The molecule has 4 N–H and O–H groups in total. The van der Waals surface area contributed by atoms with Crippen LogP contribution in [0.5, 0.6) is 5.75 Å². The van der Waals surface area contributed by atoms with Gasteiger partial charge in [0.15, 0.2) is 0 Å². The van der Waals surface area contributed by atoms with Crippen molar-refractivity contribution in [1.82, 2.24) is 5.32 Å². The van der Waals surface area contributed by atoms with Crippen molar-refractivity contribution in [3.8, 4) is 5.75 Å². The number of nitrogens with one attached hydrogen (secondary N) is 2. The van der Waals surface area contributed by atoms with E-state index in [0.29, 0.717) is 36.0 Å². The van der Waals surface area contributed by atoms with E-state index in [2.05, 4.69) is 10.6 Å². The number of carbonyl (C=O) groups is 2. The summed E-state index contributed by atoms with van der Waals surface area (Å²) >= 11 is 0. The summed E-state index contributed by atoms with van der Waals surface area (Å²) in [6, 6.07) is 5.04. The predicted molar refractivity (Wildman–Crippen MR) is 83.1 cm³/mol. The molecule has 0 spiro atoms. The van der Waals surface area contributed by atoms with Gasteiger partial charge in [-0.15, -0.1) is 0 Å². The van der Waals surface area contributed by atoms with Crippen molar-refractivity contribution < 1.29 is 14.3 Å². The van der Waals surface area contributed by atoms with Crippen LogP contribution in [0.15, 0.2) is 18.2 Å². The molecule has 0 radical (unpaired) electrons. The highest BCUT2D eigenvalue weighted by Crippen LogP contribution is 2.24. The van der Waals surface area contributed by atoms with Gasteiger partial charge < -0.3 is 21.1 Å². The van der Waals surface area contributed by atoms with Crippen LogP contribution in [0.25, 0.3) is 0 Å². The minimum atomic E-state index is -0.209. The summed E-state index contributed by atoms with van der Waals surface area (Å²) in [4.78, 5) is 23.3. The number of benzene rings is 1. The highest BCUT2D eigenvalue weighted by molar-refractivity contribution is 5.94. The summed E-state index contributed by atoms with van der Waals surface area (Å²) in [7, 11) is 1.54. The number of amides is 2. The monoisotopic (exact) mass is 293 g/mol. The lowest BCUT2D eigenvalue weighted by Crippen LogP contribution is -2.28. The molecular formula is C15H23N3O3. The van der Waals surface area contributed by atoms with Gasteiger partial charge in [-0.25, -0.2) is 0 Å². The van der Waals surface area contributed by atoms with Gasteiger partial charge in [-0.2, -0.15) is 0 Å². The highest BCUT2D eigenvalue weighted by atomic mass is 16.5. The third-order valence-electron chi connectivity index (χ3n) is 2.80. The summed E-state index contributed by atoms with van der Waals surface area (Å²) in [5.74, 6) is 0.665. The molecule has 6 heteroatoms. The first-order valence-corrected chi connectivity index (χ1v) is 6.92. The van der Waals surface area contributed by atoms with Gasteiger partial charge in [-0.05, 0) is 18.1 Å². The van der Waals surface area contributed by atoms with Crippen LogP contribution in [0, 0.1) is 5.92 Å². The SMILES string of the molecule is COc1ccc(N)c(NC(=O)CCNC(=O)CC(C)C)c1. The number of anilines is 2. The molecule has 0 aliphatic rings. The van der Waals surface area contributed by atoms with Crippen LogP contribution in [-0.2, 0) is 9.59 Å². The maximum Gasteiger partial charge on any atom is 0.226 e. The number of nitrogen functional groups attached to an aromatic ring is 1. The molecule has 1 aromatic rings. The Kier molecular flexibility index (Phi) is 6.52. The topological polar surface area (TPSA) is 93.4 Å². The zero-order chi connectivity index (χ0) is 15.8. The van der Waals surface area contributed by atoms with Crippen LogP contribution < -0.4 is 21.1 Å². The molecule has 116 valence electrons. The highest BCUT2D eigenvalue weighted by Gasteiger charge is 2.08. The fraction of sp³-hybridized carbons (Fsp3) is 0.467. The lowest BCUT2D eigenvalue weighted by molar-refractivity contribution is -0.121. The third-order valence-corrected chi connectivity index (χ3v) is 2.80. The lowest BCUT2D eigenvalue weighted by Gasteiger charge is -2.10. The van der Waals surface area contributed by atoms with Crippen LogP contribution >= 0.6 is 0 Å². The predicted octanol–water partition coefficient (Wildman–Crippen LogP) is 1.77. The second kappa shape index (κ2) is 8.14. The molecule has 0 fully saturated rings. The number of carbonyl (C=O) groups excluding carboxylic acids is 2. The Balaban J connectivity index is 2.42. The molecule has 0 saturated heterocycles. The lowest BCUT2D eigenvalue weighted by atomic mass is 10.1. The van der Waals surface area contributed by atoms with E-state index in [1.165, 1.54) is 0 Å². The molecule has 6 nitrogen and oxygen atoms in total. The van der Waals surface area contributed by atoms with E-state index in [0.717, 1.165) is 0 Å². The van der Waals surface area contributed by atoms with E-state index >= 15 is 0 Å². The van der Waals surface area contributed by atoms with Crippen molar-refractivity contribution in [2.75, 3.05) is 24.7 Å². The second-order valence-electron chi connectivity index (χ2n) is 5.20. The molecule has 0 bridgehead atoms. The van der Waals surface area contributed by atoms with Crippen molar-refractivity contribution >= 4 is 23.2 Å². The van der Waals surface area contributed by atoms with Crippen molar-refractivity contribution in [3.63, 3.8) is 0 Å². The van der Waals surface area contributed by atoms with E-state index < -0.39 is 0 Å². The molecule has 0 aliphatic heterocycles. The van der Waals surface area contributed by atoms with Crippen molar-refractivity contribution in [2.24, 2.45) is 5.92 Å². The molecule has 21 heavy (non-hydrogen) atoms. The number of methoxy groups -OCH3 is 1. The first kappa shape index (κ1) is 16.8. The average molecular weight is 293 g/mol. The average Bonchev–Trinajstić information content (AvgIpc) is 2.40. The fourth-order valence-corrected chi connectivity index (χ4v) is 1.74. The Bertz CT molecular complexity index is 501. The number of rotatable bonds is 7. The molecule has 0 heterocycles. The van der Waals surface area contributed by atoms with E-state index in [1.807, 2.05) is 13.8 Å². The van der Waals surface area contributed by atoms with Gasteiger partial charge in [-0.3, -0.25) is 9.59 Å². The zero-order valence-electron chi connectivity index (χ0n) is 12.7. The van der Waals surface area contributed by atoms with Crippen molar-refractivity contribution in [1.29, 1.82) is 0 Å². The minimum absolute atomic E-state index is 0.0429. The summed E-state index contributed by atoms with van der Waals surface area (Å²) in [6.07, 6.45) is 0.658. The minimum Gasteiger partial charge on any atom is -0.497 e. The zero-order valence-corrected chi connectivity index (χ0v) is 12.7. The number of ether oxygens (including phenoxy) is 1. The maximum atomic E-state index is 11.8. The van der Waals surface area contributed by atoms with Gasteiger partial charge in [0.2, 0.25) is 11.8 Å². The van der Waals surface area contributed by atoms with E-state index in [9.17, 15) is 9.59 Å². The van der Waals surface area contributed by atoms with Gasteiger partial charge in [0.1, 0.15) is 5.75 Å². The molecule has 0 unspecified atom stereocenters. The molecule has 0 atom stereocenters. The van der Waals surface area contributed by atoms with Crippen LogP contribution in [0.2, 0.25) is 0 Å². The molecule has 0 aromatic heterocycles. The number of hydrogen-bond donors (Lipinski definition) is 3. The molecular weight excluding hydrogens is 270 g/mol. The molecule has 0 aliphatic carbocycles. The van der Waals surface area contributed by atoms with Gasteiger partial charge in [0, 0.05) is 25.5 Å². The van der Waals surface area contributed by atoms with Gasteiger partial charge in [-0.1, -0.05) is 13.8 Å². The second-order valence-corrected chi connectivity index (χ2v) is 5.20. The van der Waals surface area contributed by atoms with Crippen LogP contribution in [-0.4, -0.2) is 25.5 Å². The summed E-state index contributed by atoms with van der Waals surface area (Å²) in [5, 5.41) is 5.42. The molecule has 0 saturated carbocycles. The van der Waals surface area contributed by atoms with E-state index in [4.69, 9.17) is 10.5 Å². The van der Waals surface area contributed by atoms with E-state index in [1.54, 1.807) is 25.3 Å².